The maximum atomic E-state index is 13.4. The highest BCUT2D eigenvalue weighted by atomic mass is 79.9. The first kappa shape index (κ1) is 21.3. The first-order valence-corrected chi connectivity index (χ1v) is 12.1. The Hall–Kier alpha value is -2.60. The monoisotopic (exact) mass is 494 g/mol. The van der Waals surface area contributed by atoms with Gasteiger partial charge >= 0.3 is 5.97 Å². The molecule has 0 bridgehead atoms. The fraction of sp³-hybridized carbons (Fsp3) is 0.385. The van der Waals surface area contributed by atoms with Crippen LogP contribution in [-0.4, -0.2) is 36.8 Å². The Morgan fingerprint density at radius 3 is 2.88 bits per heavy atom. The van der Waals surface area contributed by atoms with Gasteiger partial charge in [0.25, 0.3) is 0 Å². The fourth-order valence-electron chi connectivity index (χ4n) is 5.20. The summed E-state index contributed by atoms with van der Waals surface area (Å²) in [5, 5.41) is 2.03. The number of carbonyl (C=O) groups excluding carboxylic acids is 1. The molecule has 32 heavy (non-hydrogen) atoms. The number of fused-ring (bicyclic) bond motifs is 6. The summed E-state index contributed by atoms with van der Waals surface area (Å²) >= 11 is 3.80. The number of hydrogen-bond acceptors (Lipinski definition) is 5. The number of rotatable bonds is 5. The summed E-state index contributed by atoms with van der Waals surface area (Å²) < 4.78 is 12.0. The van der Waals surface area contributed by atoms with E-state index >= 15 is 0 Å². The Balaban J connectivity index is 1.75. The van der Waals surface area contributed by atoms with E-state index in [-0.39, 0.29) is 12.0 Å². The van der Waals surface area contributed by atoms with Crippen LogP contribution >= 0.6 is 15.9 Å². The minimum atomic E-state index is -0.256. The third kappa shape index (κ3) is 3.36. The van der Waals surface area contributed by atoms with Crippen LogP contribution in [0.15, 0.2) is 33.7 Å². The Morgan fingerprint density at radius 1 is 1.28 bits per heavy atom. The third-order valence-corrected chi connectivity index (χ3v) is 7.29. The Morgan fingerprint density at radius 2 is 2.12 bits per heavy atom. The van der Waals surface area contributed by atoms with Crippen molar-refractivity contribution in [2.75, 3.05) is 20.3 Å². The van der Waals surface area contributed by atoms with Crippen molar-refractivity contribution in [3.63, 3.8) is 0 Å². The van der Waals surface area contributed by atoms with Crippen molar-refractivity contribution in [2.45, 2.75) is 45.6 Å². The molecular weight excluding hydrogens is 468 g/mol. The number of hydrogen-bond donors (Lipinski definition) is 0. The van der Waals surface area contributed by atoms with Gasteiger partial charge in [0.05, 0.1) is 25.4 Å². The summed E-state index contributed by atoms with van der Waals surface area (Å²) in [6.07, 6.45) is 5.81. The quantitative estimate of drug-likeness (QED) is 0.590. The van der Waals surface area contributed by atoms with E-state index in [0.717, 1.165) is 69.9 Å². The largest absolute Gasteiger partial charge is 0.497 e. The predicted molar refractivity (Wildman–Crippen MR) is 130 cm³/mol. The van der Waals surface area contributed by atoms with Crippen LogP contribution in [0.4, 0.5) is 5.69 Å². The molecule has 0 amide bonds. The lowest BCUT2D eigenvalue weighted by Crippen LogP contribution is -2.49. The summed E-state index contributed by atoms with van der Waals surface area (Å²) in [6, 6.07) is 8.47. The van der Waals surface area contributed by atoms with Gasteiger partial charge in [-0.15, -0.1) is 0 Å². The Kier molecular flexibility index (Phi) is 5.58. The summed E-state index contributed by atoms with van der Waals surface area (Å²) in [5.74, 6) is 0.616. The van der Waals surface area contributed by atoms with Gasteiger partial charge in [0.1, 0.15) is 11.4 Å². The SMILES string of the molecule is CCCC1=Nc2cc(Br)c3c(c2=C1)=C(C(=O)OCC)N1CCc2cc(OC)ccc2C1C3. The molecule has 0 saturated carbocycles. The maximum Gasteiger partial charge on any atom is 0.355 e. The molecule has 2 aromatic carbocycles. The van der Waals surface area contributed by atoms with Crippen LogP contribution in [0.3, 0.4) is 0 Å². The molecule has 5 nitrogen and oxygen atoms in total. The first-order valence-electron chi connectivity index (χ1n) is 11.3. The van der Waals surface area contributed by atoms with E-state index in [1.54, 1.807) is 7.11 Å². The topological polar surface area (TPSA) is 51.1 Å². The molecule has 0 radical (unpaired) electrons. The lowest BCUT2D eigenvalue weighted by molar-refractivity contribution is -0.137. The molecule has 3 heterocycles. The van der Waals surface area contributed by atoms with E-state index in [1.807, 2.05) is 13.0 Å². The number of benzene rings is 2. The molecular formula is C26H27BrN2O3. The predicted octanol–water partition coefficient (Wildman–Crippen LogP) is 3.95. The number of ether oxygens (including phenoxy) is 2. The molecule has 0 saturated heterocycles. The second kappa shape index (κ2) is 8.39. The first-order chi connectivity index (χ1) is 15.5. The number of esters is 1. The van der Waals surface area contributed by atoms with Gasteiger partial charge in [-0.05, 0) is 67.2 Å². The number of halogens is 1. The summed E-state index contributed by atoms with van der Waals surface area (Å²) in [5.41, 5.74) is 6.37. The second-order valence-electron chi connectivity index (χ2n) is 8.44. The molecule has 0 aliphatic carbocycles. The number of aliphatic imine (C=N–C) groups is 1. The minimum absolute atomic E-state index is 0.0864. The van der Waals surface area contributed by atoms with Crippen molar-refractivity contribution in [1.29, 1.82) is 0 Å². The van der Waals surface area contributed by atoms with Crippen molar-refractivity contribution < 1.29 is 14.3 Å². The van der Waals surface area contributed by atoms with Gasteiger partial charge in [-0.2, -0.15) is 0 Å². The zero-order valence-corrected chi connectivity index (χ0v) is 20.3. The van der Waals surface area contributed by atoms with Crippen molar-refractivity contribution >= 4 is 45.1 Å². The molecule has 5 rings (SSSR count). The second-order valence-corrected chi connectivity index (χ2v) is 9.29. The highest BCUT2D eigenvalue weighted by molar-refractivity contribution is 9.10. The van der Waals surface area contributed by atoms with E-state index in [1.165, 1.54) is 11.1 Å². The van der Waals surface area contributed by atoms with Crippen molar-refractivity contribution in [1.82, 2.24) is 4.90 Å². The van der Waals surface area contributed by atoms with Crippen LogP contribution in [0, 0.1) is 0 Å². The van der Waals surface area contributed by atoms with E-state index in [0.29, 0.717) is 12.3 Å². The van der Waals surface area contributed by atoms with E-state index in [4.69, 9.17) is 14.5 Å². The lowest BCUT2D eigenvalue weighted by Gasteiger charge is -2.42. The third-order valence-electron chi connectivity index (χ3n) is 6.58. The maximum absolute atomic E-state index is 13.4. The number of carbonyl (C=O) groups is 1. The molecule has 0 fully saturated rings. The Bertz CT molecular complexity index is 1260. The van der Waals surface area contributed by atoms with Crippen molar-refractivity contribution in [2.24, 2.45) is 4.99 Å². The number of nitrogens with zero attached hydrogens (tertiary/aromatic N) is 2. The van der Waals surface area contributed by atoms with Crippen LogP contribution < -0.4 is 15.2 Å². The summed E-state index contributed by atoms with van der Waals surface area (Å²) in [6.45, 7) is 5.13. The highest BCUT2D eigenvalue weighted by Gasteiger charge is 2.38. The number of methoxy groups -OCH3 is 1. The molecule has 2 aromatic rings. The lowest BCUT2D eigenvalue weighted by atomic mass is 9.84. The average Bonchev–Trinajstić information content (AvgIpc) is 3.19. The van der Waals surface area contributed by atoms with Crippen LogP contribution in [0.2, 0.25) is 0 Å². The minimum Gasteiger partial charge on any atom is -0.497 e. The van der Waals surface area contributed by atoms with Gasteiger partial charge in [0.15, 0.2) is 0 Å². The van der Waals surface area contributed by atoms with Crippen LogP contribution in [0.5, 0.6) is 5.75 Å². The highest BCUT2D eigenvalue weighted by Crippen LogP contribution is 2.40. The Labute approximate surface area is 196 Å². The molecule has 0 N–H and O–H groups in total. The van der Waals surface area contributed by atoms with E-state index < -0.39 is 0 Å². The average molecular weight is 495 g/mol. The molecule has 166 valence electrons. The molecule has 0 aromatic heterocycles. The zero-order chi connectivity index (χ0) is 22.4. The van der Waals surface area contributed by atoms with Crippen LogP contribution in [0.1, 0.15) is 49.4 Å². The van der Waals surface area contributed by atoms with Crippen molar-refractivity contribution in [3.05, 3.63) is 55.9 Å². The van der Waals surface area contributed by atoms with Crippen molar-refractivity contribution in [3.8, 4) is 5.75 Å². The molecule has 1 unspecified atom stereocenters. The molecule has 3 aliphatic heterocycles. The molecule has 6 heteroatoms. The van der Waals surface area contributed by atoms with Gasteiger partial charge in [-0.25, -0.2) is 4.79 Å². The van der Waals surface area contributed by atoms with E-state index in [2.05, 4.69) is 52.0 Å². The molecule has 3 aliphatic rings. The normalized spacial score (nSPS) is 18.1. The molecule has 0 spiro atoms. The van der Waals surface area contributed by atoms with E-state index in [9.17, 15) is 4.79 Å². The smallest absolute Gasteiger partial charge is 0.355 e. The van der Waals surface area contributed by atoms with Crippen LogP contribution in [-0.2, 0) is 22.4 Å². The van der Waals surface area contributed by atoms with Gasteiger partial charge < -0.3 is 14.4 Å². The van der Waals surface area contributed by atoms with Gasteiger partial charge in [0, 0.05) is 27.2 Å². The van der Waals surface area contributed by atoms with Crippen LogP contribution in [0.25, 0.3) is 11.8 Å². The standard InChI is InChI=1S/C26H27BrN2O3/c1-4-6-16-12-20-22(28-16)14-21(27)19-13-23-18-8-7-17(31-3)11-15(18)9-10-29(23)25(24(19)20)26(30)32-5-2/h7-8,11-12,14,23H,4-6,9-10,13H2,1-3H3. The zero-order valence-electron chi connectivity index (χ0n) is 18.7. The van der Waals surface area contributed by atoms with Gasteiger partial charge in [-0.3, -0.25) is 4.99 Å². The summed E-state index contributed by atoms with van der Waals surface area (Å²) in [4.78, 5) is 20.5. The van der Waals surface area contributed by atoms with Gasteiger partial charge in [-0.1, -0.05) is 35.3 Å². The fourth-order valence-corrected chi connectivity index (χ4v) is 5.78. The van der Waals surface area contributed by atoms with Gasteiger partial charge in [0.2, 0.25) is 0 Å². The molecule has 1 atom stereocenters. The summed E-state index contributed by atoms with van der Waals surface area (Å²) in [7, 11) is 1.70.